The fourth-order valence-electron chi connectivity index (χ4n) is 3.26. The molecule has 142 valence electrons. The quantitative estimate of drug-likeness (QED) is 0.762. The third-order valence-corrected chi connectivity index (χ3v) is 5.45. The Kier molecular flexibility index (Phi) is 6.02. The topological polar surface area (TPSA) is 40.6 Å². The Morgan fingerprint density at radius 1 is 0.926 bits per heavy atom. The molecule has 0 spiro atoms. The second-order valence-electron chi connectivity index (χ2n) is 6.45. The summed E-state index contributed by atoms with van der Waals surface area (Å²) in [5, 5.41) is 0.911. The molecule has 1 saturated heterocycles. The van der Waals surface area contributed by atoms with Crippen molar-refractivity contribution in [2.24, 2.45) is 0 Å². The lowest BCUT2D eigenvalue weighted by Gasteiger charge is -2.36. The van der Waals surface area contributed by atoms with Crippen LogP contribution in [0.25, 0.3) is 0 Å². The van der Waals surface area contributed by atoms with Crippen LogP contribution in [0.1, 0.15) is 28.8 Å². The lowest BCUT2D eigenvalue weighted by molar-refractivity contribution is -0.133. The van der Waals surface area contributed by atoms with Crippen molar-refractivity contribution in [3.05, 3.63) is 69.5 Å². The highest BCUT2D eigenvalue weighted by atomic mass is 35.5. The number of piperazine rings is 1. The molecule has 0 radical (unpaired) electrons. The van der Waals surface area contributed by atoms with Gasteiger partial charge in [-0.3, -0.25) is 9.59 Å². The Morgan fingerprint density at radius 3 is 2.07 bits per heavy atom. The van der Waals surface area contributed by atoms with E-state index in [1.54, 1.807) is 47.1 Å². The summed E-state index contributed by atoms with van der Waals surface area (Å²) < 4.78 is 13.8. The van der Waals surface area contributed by atoms with Crippen molar-refractivity contribution in [1.82, 2.24) is 9.80 Å². The van der Waals surface area contributed by atoms with Crippen LogP contribution in [0.2, 0.25) is 10.0 Å². The van der Waals surface area contributed by atoms with Crippen LogP contribution in [0.4, 0.5) is 4.39 Å². The van der Waals surface area contributed by atoms with Gasteiger partial charge in [-0.05, 0) is 31.2 Å². The van der Waals surface area contributed by atoms with Gasteiger partial charge in [0.25, 0.3) is 5.91 Å². The summed E-state index contributed by atoms with van der Waals surface area (Å²) in [6, 6.07) is 11.1. The number of nitrogens with zero attached hydrogens (tertiary/aromatic N) is 2. The van der Waals surface area contributed by atoms with Crippen LogP contribution >= 0.6 is 23.2 Å². The van der Waals surface area contributed by atoms with Gasteiger partial charge in [-0.25, -0.2) is 4.39 Å². The van der Waals surface area contributed by atoms with E-state index in [4.69, 9.17) is 23.2 Å². The average molecular weight is 409 g/mol. The molecular formula is C20H19Cl2FN2O2. The normalized spacial score (nSPS) is 15.6. The third-order valence-electron chi connectivity index (χ3n) is 4.79. The molecule has 0 aliphatic carbocycles. The maximum atomic E-state index is 13.8. The number of halogens is 3. The van der Waals surface area contributed by atoms with Crippen molar-refractivity contribution in [2.45, 2.75) is 12.8 Å². The van der Waals surface area contributed by atoms with Crippen molar-refractivity contribution in [3.63, 3.8) is 0 Å². The van der Waals surface area contributed by atoms with Gasteiger partial charge in [0.05, 0.1) is 11.5 Å². The summed E-state index contributed by atoms with van der Waals surface area (Å²) in [5.74, 6) is -1.48. The summed E-state index contributed by atoms with van der Waals surface area (Å²) >= 11 is 12.4. The fraction of sp³-hybridized carbons (Fsp3) is 0.300. The van der Waals surface area contributed by atoms with Crippen LogP contribution in [0.15, 0.2) is 42.5 Å². The van der Waals surface area contributed by atoms with Gasteiger partial charge in [-0.1, -0.05) is 41.4 Å². The maximum Gasteiger partial charge on any atom is 0.256 e. The summed E-state index contributed by atoms with van der Waals surface area (Å²) in [4.78, 5) is 28.6. The standard InChI is InChI=1S/C20H19Cl2FN2O2/c1-13(18-15(21)6-4-7-16(18)22)19(26)24-9-11-25(12-10-24)20(27)14-5-2-3-8-17(14)23/h2-8,13H,9-12H2,1H3. The summed E-state index contributed by atoms with van der Waals surface area (Å²) in [6.45, 7) is 3.23. The Hall–Kier alpha value is -2.11. The zero-order valence-corrected chi connectivity index (χ0v) is 16.3. The fourth-order valence-corrected chi connectivity index (χ4v) is 3.98. The van der Waals surface area contributed by atoms with Crippen LogP contribution in [-0.2, 0) is 4.79 Å². The van der Waals surface area contributed by atoms with Gasteiger partial charge in [0, 0.05) is 41.8 Å². The minimum absolute atomic E-state index is 0.0495. The first-order valence-corrected chi connectivity index (χ1v) is 9.42. The molecule has 1 unspecified atom stereocenters. The lowest BCUT2D eigenvalue weighted by atomic mass is 9.99. The van der Waals surface area contributed by atoms with Crippen LogP contribution in [0, 0.1) is 5.82 Å². The van der Waals surface area contributed by atoms with E-state index in [1.807, 2.05) is 0 Å². The molecule has 0 bridgehead atoms. The first-order chi connectivity index (χ1) is 12.9. The number of carbonyl (C=O) groups is 2. The van der Waals surface area contributed by atoms with E-state index < -0.39 is 11.7 Å². The number of hydrogen-bond donors (Lipinski definition) is 0. The van der Waals surface area contributed by atoms with Crippen LogP contribution in [0.3, 0.4) is 0 Å². The van der Waals surface area contributed by atoms with Crippen molar-refractivity contribution < 1.29 is 14.0 Å². The van der Waals surface area contributed by atoms with Crippen LogP contribution in [0.5, 0.6) is 0 Å². The number of carbonyl (C=O) groups excluding carboxylic acids is 2. The monoisotopic (exact) mass is 408 g/mol. The van der Waals surface area contributed by atoms with Crippen molar-refractivity contribution in [3.8, 4) is 0 Å². The van der Waals surface area contributed by atoms with Gasteiger partial charge in [-0.2, -0.15) is 0 Å². The Balaban J connectivity index is 1.66. The number of hydrogen-bond acceptors (Lipinski definition) is 2. The minimum atomic E-state index is -0.539. The van der Waals surface area contributed by atoms with Gasteiger partial charge in [0.1, 0.15) is 5.82 Å². The van der Waals surface area contributed by atoms with Crippen molar-refractivity contribution >= 4 is 35.0 Å². The molecule has 0 aromatic heterocycles. The van der Waals surface area contributed by atoms with E-state index >= 15 is 0 Å². The molecule has 4 nitrogen and oxygen atoms in total. The van der Waals surface area contributed by atoms with E-state index in [0.717, 1.165) is 0 Å². The largest absolute Gasteiger partial charge is 0.339 e. The highest BCUT2D eigenvalue weighted by Gasteiger charge is 2.30. The molecule has 0 saturated carbocycles. The van der Waals surface area contributed by atoms with Crippen LogP contribution in [-0.4, -0.2) is 47.8 Å². The molecule has 2 aromatic carbocycles. The van der Waals surface area contributed by atoms with Crippen LogP contribution < -0.4 is 0 Å². The molecule has 7 heteroatoms. The molecule has 0 N–H and O–H groups in total. The predicted molar refractivity (Wildman–Crippen MR) is 104 cm³/mol. The van der Waals surface area contributed by atoms with Crippen molar-refractivity contribution in [1.29, 1.82) is 0 Å². The number of rotatable bonds is 3. The first-order valence-electron chi connectivity index (χ1n) is 8.66. The zero-order valence-electron chi connectivity index (χ0n) is 14.8. The molecule has 1 aliphatic heterocycles. The smallest absolute Gasteiger partial charge is 0.256 e. The Morgan fingerprint density at radius 2 is 1.48 bits per heavy atom. The number of benzene rings is 2. The summed E-state index contributed by atoms with van der Waals surface area (Å²) in [7, 11) is 0. The Bertz CT molecular complexity index is 847. The van der Waals surface area contributed by atoms with E-state index in [0.29, 0.717) is 41.8 Å². The van der Waals surface area contributed by atoms with Gasteiger partial charge < -0.3 is 9.80 Å². The summed E-state index contributed by atoms with van der Waals surface area (Å²) in [5.41, 5.74) is 0.657. The minimum Gasteiger partial charge on any atom is -0.339 e. The molecule has 1 heterocycles. The lowest BCUT2D eigenvalue weighted by Crippen LogP contribution is -2.51. The highest BCUT2D eigenvalue weighted by Crippen LogP contribution is 2.32. The molecule has 1 atom stereocenters. The van der Waals surface area contributed by atoms with Crippen molar-refractivity contribution in [2.75, 3.05) is 26.2 Å². The molecule has 1 fully saturated rings. The van der Waals surface area contributed by atoms with Gasteiger partial charge >= 0.3 is 0 Å². The second-order valence-corrected chi connectivity index (χ2v) is 7.27. The predicted octanol–water partition coefficient (Wildman–Crippen LogP) is 4.22. The highest BCUT2D eigenvalue weighted by molar-refractivity contribution is 6.36. The molecule has 27 heavy (non-hydrogen) atoms. The van der Waals surface area contributed by atoms with Gasteiger partial charge in [0.15, 0.2) is 0 Å². The van der Waals surface area contributed by atoms with Gasteiger partial charge in [0.2, 0.25) is 5.91 Å². The molecule has 2 amide bonds. The molecular weight excluding hydrogens is 390 g/mol. The Labute approximate surface area is 167 Å². The molecule has 3 rings (SSSR count). The van der Waals surface area contributed by atoms with E-state index in [2.05, 4.69) is 0 Å². The number of amides is 2. The maximum absolute atomic E-state index is 13.8. The summed E-state index contributed by atoms with van der Waals surface area (Å²) in [6.07, 6.45) is 0. The molecule has 2 aromatic rings. The average Bonchev–Trinajstić information content (AvgIpc) is 2.67. The molecule has 1 aliphatic rings. The van der Waals surface area contributed by atoms with E-state index in [1.165, 1.54) is 12.1 Å². The second kappa shape index (κ2) is 8.28. The van der Waals surface area contributed by atoms with E-state index in [9.17, 15) is 14.0 Å². The first kappa shape index (κ1) is 19.6. The SMILES string of the molecule is CC(C(=O)N1CCN(C(=O)c2ccccc2F)CC1)c1c(Cl)cccc1Cl. The van der Waals surface area contributed by atoms with Gasteiger partial charge in [-0.15, -0.1) is 0 Å². The zero-order chi connectivity index (χ0) is 19.6. The van der Waals surface area contributed by atoms with E-state index in [-0.39, 0.29) is 17.4 Å². The third kappa shape index (κ3) is 4.09.